The van der Waals surface area contributed by atoms with Crippen molar-refractivity contribution in [3.8, 4) is 11.4 Å². The minimum absolute atomic E-state index is 0.225. The average Bonchev–Trinajstić information content (AvgIpc) is 2.84. The van der Waals surface area contributed by atoms with Gasteiger partial charge in [-0.25, -0.2) is 9.78 Å². The van der Waals surface area contributed by atoms with Gasteiger partial charge in [0.05, 0.1) is 11.1 Å². The molecule has 94 valence electrons. The zero-order valence-corrected chi connectivity index (χ0v) is 11.3. The highest BCUT2D eigenvalue weighted by atomic mass is 79.9. The lowest BCUT2D eigenvalue weighted by atomic mass is 10.2. The van der Waals surface area contributed by atoms with Crippen molar-refractivity contribution in [2.24, 2.45) is 0 Å². The molecule has 0 radical (unpaired) electrons. The van der Waals surface area contributed by atoms with Crippen molar-refractivity contribution >= 4 is 32.9 Å². The highest BCUT2D eigenvalue weighted by Gasteiger charge is 2.12. The van der Waals surface area contributed by atoms with Crippen LogP contribution < -0.4 is 0 Å². The maximum absolute atomic E-state index is 11.0. The largest absolute Gasteiger partial charge is 0.478 e. The molecule has 3 rings (SSSR count). The second-order valence-corrected chi connectivity index (χ2v) is 4.97. The summed E-state index contributed by atoms with van der Waals surface area (Å²) in [7, 11) is 0. The van der Waals surface area contributed by atoms with Gasteiger partial charge in [-0.1, -0.05) is 30.3 Å². The average molecular weight is 317 g/mol. The number of nitrogens with one attached hydrogen (secondary N) is 1. The molecule has 0 saturated carbocycles. The maximum atomic E-state index is 11.0. The number of aromatic nitrogens is 2. The van der Waals surface area contributed by atoms with Gasteiger partial charge >= 0.3 is 5.97 Å². The predicted octanol–water partition coefficient (Wildman–Crippen LogP) is 3.69. The van der Waals surface area contributed by atoms with E-state index in [-0.39, 0.29) is 5.56 Å². The third-order valence-electron chi connectivity index (χ3n) is 2.83. The number of aromatic carboxylic acids is 1. The van der Waals surface area contributed by atoms with Gasteiger partial charge in [0, 0.05) is 10.0 Å². The summed E-state index contributed by atoms with van der Waals surface area (Å²) in [6.07, 6.45) is 0. The van der Waals surface area contributed by atoms with Crippen LogP contribution in [-0.4, -0.2) is 21.0 Å². The number of carboxylic acid groups (broad SMARTS) is 1. The van der Waals surface area contributed by atoms with Crippen LogP contribution in [0.1, 0.15) is 10.4 Å². The molecule has 2 N–H and O–H groups in total. The molecule has 0 saturated heterocycles. The predicted molar refractivity (Wildman–Crippen MR) is 76.2 cm³/mol. The number of rotatable bonds is 2. The second kappa shape index (κ2) is 4.51. The Labute approximate surface area is 117 Å². The molecule has 0 aliphatic heterocycles. The minimum atomic E-state index is -0.960. The summed E-state index contributed by atoms with van der Waals surface area (Å²) < 4.78 is 0.667. The molecule has 0 amide bonds. The van der Waals surface area contributed by atoms with Crippen LogP contribution in [0.25, 0.3) is 22.4 Å². The SMILES string of the molecule is O=C(O)c1cc(Br)c2nc(-c3ccccc3)[nH]c2c1. The van der Waals surface area contributed by atoms with Crippen molar-refractivity contribution in [2.45, 2.75) is 0 Å². The monoisotopic (exact) mass is 316 g/mol. The molecule has 2 aromatic carbocycles. The lowest BCUT2D eigenvalue weighted by Crippen LogP contribution is -1.95. The molecular weight excluding hydrogens is 308 g/mol. The van der Waals surface area contributed by atoms with E-state index in [0.29, 0.717) is 9.99 Å². The second-order valence-electron chi connectivity index (χ2n) is 4.11. The number of benzene rings is 2. The smallest absolute Gasteiger partial charge is 0.335 e. The van der Waals surface area contributed by atoms with Gasteiger partial charge in [-0.3, -0.25) is 0 Å². The van der Waals surface area contributed by atoms with E-state index in [4.69, 9.17) is 5.11 Å². The lowest BCUT2D eigenvalue weighted by molar-refractivity contribution is 0.0697. The molecule has 5 heteroatoms. The number of carboxylic acids is 1. The fourth-order valence-electron chi connectivity index (χ4n) is 1.93. The van der Waals surface area contributed by atoms with Gasteiger partial charge in [-0.2, -0.15) is 0 Å². The number of H-pyrrole nitrogens is 1. The topological polar surface area (TPSA) is 66.0 Å². The standard InChI is InChI=1S/C14H9BrN2O2/c15-10-6-9(14(18)19)7-11-12(10)17-13(16-11)8-4-2-1-3-5-8/h1-7H,(H,16,17)(H,18,19). The molecule has 3 aromatic rings. The summed E-state index contributed by atoms with van der Waals surface area (Å²) in [6, 6.07) is 12.8. The fraction of sp³-hybridized carbons (Fsp3) is 0. The normalized spacial score (nSPS) is 10.8. The molecule has 0 spiro atoms. The number of hydrogen-bond donors (Lipinski definition) is 2. The van der Waals surface area contributed by atoms with Gasteiger partial charge in [0.25, 0.3) is 0 Å². The minimum Gasteiger partial charge on any atom is -0.478 e. The first-order valence-electron chi connectivity index (χ1n) is 5.63. The highest BCUT2D eigenvalue weighted by molar-refractivity contribution is 9.10. The molecule has 0 atom stereocenters. The van der Waals surface area contributed by atoms with Gasteiger partial charge < -0.3 is 10.1 Å². The lowest BCUT2D eigenvalue weighted by Gasteiger charge is -1.96. The summed E-state index contributed by atoms with van der Waals surface area (Å²) in [5.74, 6) is -0.239. The van der Waals surface area contributed by atoms with Crippen LogP contribution in [0.4, 0.5) is 0 Å². The zero-order chi connectivity index (χ0) is 13.4. The van der Waals surface area contributed by atoms with Crippen LogP contribution in [0.5, 0.6) is 0 Å². The highest BCUT2D eigenvalue weighted by Crippen LogP contribution is 2.27. The summed E-state index contributed by atoms with van der Waals surface area (Å²) >= 11 is 3.36. The van der Waals surface area contributed by atoms with Crippen LogP contribution >= 0.6 is 15.9 Å². The van der Waals surface area contributed by atoms with E-state index in [9.17, 15) is 4.79 Å². The number of hydrogen-bond acceptors (Lipinski definition) is 2. The summed E-state index contributed by atoms with van der Waals surface area (Å²) in [5.41, 5.74) is 2.61. The van der Waals surface area contributed by atoms with Crippen molar-refractivity contribution in [3.05, 3.63) is 52.5 Å². The van der Waals surface area contributed by atoms with Crippen molar-refractivity contribution in [2.75, 3.05) is 0 Å². The summed E-state index contributed by atoms with van der Waals surface area (Å²) in [5, 5.41) is 9.04. The Bertz CT molecular complexity index is 766. The molecule has 19 heavy (non-hydrogen) atoms. The number of imidazole rings is 1. The number of aromatic amines is 1. The third kappa shape index (κ3) is 2.13. The Morgan fingerprint density at radius 2 is 1.95 bits per heavy atom. The van der Waals surface area contributed by atoms with Crippen molar-refractivity contribution in [1.82, 2.24) is 9.97 Å². The van der Waals surface area contributed by atoms with Crippen LogP contribution in [-0.2, 0) is 0 Å². The van der Waals surface area contributed by atoms with Gasteiger partial charge in [-0.15, -0.1) is 0 Å². The maximum Gasteiger partial charge on any atom is 0.335 e. The third-order valence-corrected chi connectivity index (χ3v) is 3.44. The van der Waals surface area contributed by atoms with E-state index in [1.165, 1.54) is 0 Å². The Morgan fingerprint density at radius 1 is 1.21 bits per heavy atom. The van der Waals surface area contributed by atoms with E-state index in [1.54, 1.807) is 12.1 Å². The summed E-state index contributed by atoms with van der Waals surface area (Å²) in [4.78, 5) is 18.6. The Hall–Kier alpha value is -2.14. The van der Waals surface area contributed by atoms with E-state index in [0.717, 1.165) is 16.9 Å². The fourth-order valence-corrected chi connectivity index (χ4v) is 2.48. The first-order chi connectivity index (χ1) is 9.15. The van der Waals surface area contributed by atoms with Crippen molar-refractivity contribution < 1.29 is 9.90 Å². The molecule has 0 unspecified atom stereocenters. The van der Waals surface area contributed by atoms with E-state index < -0.39 is 5.97 Å². The molecule has 0 bridgehead atoms. The number of halogens is 1. The van der Waals surface area contributed by atoms with Crippen LogP contribution in [0.2, 0.25) is 0 Å². The quantitative estimate of drug-likeness (QED) is 0.757. The zero-order valence-electron chi connectivity index (χ0n) is 9.72. The molecule has 0 aliphatic carbocycles. The molecule has 0 fully saturated rings. The first-order valence-corrected chi connectivity index (χ1v) is 6.42. The summed E-state index contributed by atoms with van der Waals surface area (Å²) in [6.45, 7) is 0. The molecule has 0 aliphatic rings. The van der Waals surface area contributed by atoms with Crippen LogP contribution in [0.15, 0.2) is 46.9 Å². The van der Waals surface area contributed by atoms with Crippen LogP contribution in [0.3, 0.4) is 0 Å². The van der Waals surface area contributed by atoms with E-state index in [1.807, 2.05) is 30.3 Å². The van der Waals surface area contributed by atoms with Crippen LogP contribution in [0, 0.1) is 0 Å². The van der Waals surface area contributed by atoms with Gasteiger partial charge in [-0.05, 0) is 28.1 Å². The van der Waals surface area contributed by atoms with Crippen molar-refractivity contribution in [1.29, 1.82) is 0 Å². The molecule has 1 aromatic heterocycles. The van der Waals surface area contributed by atoms with E-state index in [2.05, 4.69) is 25.9 Å². The Morgan fingerprint density at radius 3 is 2.63 bits per heavy atom. The number of fused-ring (bicyclic) bond motifs is 1. The number of carbonyl (C=O) groups is 1. The van der Waals surface area contributed by atoms with Crippen molar-refractivity contribution in [3.63, 3.8) is 0 Å². The Kier molecular flexibility index (Phi) is 2.83. The van der Waals surface area contributed by atoms with E-state index >= 15 is 0 Å². The van der Waals surface area contributed by atoms with Gasteiger partial charge in [0.2, 0.25) is 0 Å². The first kappa shape index (κ1) is 11.9. The molecule has 4 nitrogen and oxygen atoms in total. The van der Waals surface area contributed by atoms with Gasteiger partial charge in [0.15, 0.2) is 0 Å². The molecular formula is C14H9BrN2O2. The molecule has 1 heterocycles. The Balaban J connectivity index is 2.21. The number of nitrogens with zero attached hydrogens (tertiary/aromatic N) is 1. The van der Waals surface area contributed by atoms with Gasteiger partial charge in [0.1, 0.15) is 11.3 Å².